The van der Waals surface area contributed by atoms with Gasteiger partial charge >= 0.3 is 0 Å². The number of nitro benzene ring substituents is 1. The van der Waals surface area contributed by atoms with Crippen LogP contribution in [-0.2, 0) is 0 Å². The van der Waals surface area contributed by atoms with Gasteiger partial charge < -0.3 is 4.90 Å². The van der Waals surface area contributed by atoms with Gasteiger partial charge in [-0.15, -0.1) is 0 Å². The highest BCUT2D eigenvalue weighted by Gasteiger charge is 2.10. The Labute approximate surface area is 146 Å². The molecule has 0 heterocycles. The molecule has 2 aromatic rings. The van der Waals surface area contributed by atoms with Crippen LogP contribution in [0, 0.1) is 10.1 Å². The Bertz CT molecular complexity index is 593. The summed E-state index contributed by atoms with van der Waals surface area (Å²) in [6, 6.07) is 16.8. The van der Waals surface area contributed by atoms with E-state index in [4.69, 9.17) is 0 Å². The zero-order chi connectivity index (χ0) is 17.9. The van der Waals surface area contributed by atoms with Gasteiger partial charge in [-0.2, -0.15) is 0 Å². The molecule has 0 aliphatic heterocycles. The number of non-ortho nitro benzene ring substituents is 1. The summed E-state index contributed by atoms with van der Waals surface area (Å²) in [5.41, 5.74) is 2.43. The normalized spacial score (nSPS) is 11.5. The van der Waals surface area contributed by atoms with Crippen LogP contribution in [0.15, 0.2) is 54.6 Å². The van der Waals surface area contributed by atoms with Crippen LogP contribution in [0.2, 0.25) is 0 Å². The Morgan fingerprint density at radius 3 is 1.75 bits per heavy atom. The number of hydrogen-bond acceptors (Lipinski definition) is 3. The molecular weight excluding hydrogens is 299 g/mol. The second kappa shape index (κ2) is 10.6. The average Bonchev–Trinajstić information content (AvgIpc) is 2.64. The molecule has 5 heteroatoms. The summed E-state index contributed by atoms with van der Waals surface area (Å²) in [5.74, 6) is 0.247. The second-order valence-electron chi connectivity index (χ2n) is 5.60. The molecule has 1 unspecified atom stereocenters. The Morgan fingerprint density at radius 2 is 1.38 bits per heavy atom. The summed E-state index contributed by atoms with van der Waals surface area (Å²) in [4.78, 5) is 12.6. The van der Waals surface area contributed by atoms with E-state index < -0.39 is 0 Å². The first kappa shape index (κ1) is 19.9. The van der Waals surface area contributed by atoms with Crippen molar-refractivity contribution in [2.24, 2.45) is 0 Å². The van der Waals surface area contributed by atoms with Crippen molar-refractivity contribution in [2.75, 3.05) is 19.6 Å². The first-order valence-corrected chi connectivity index (χ1v) is 8.55. The van der Waals surface area contributed by atoms with E-state index in [2.05, 4.69) is 45.7 Å². The van der Waals surface area contributed by atoms with Gasteiger partial charge in [0, 0.05) is 12.1 Å². The van der Waals surface area contributed by atoms with Gasteiger partial charge in [-0.1, -0.05) is 63.2 Å². The highest BCUT2D eigenvalue weighted by Crippen LogP contribution is 2.23. The van der Waals surface area contributed by atoms with Crippen molar-refractivity contribution in [1.82, 2.24) is 4.90 Å². The second-order valence-corrected chi connectivity index (χ2v) is 5.60. The maximum atomic E-state index is 10.6. The maximum Gasteiger partial charge on any atom is 0.269 e. The van der Waals surface area contributed by atoms with Gasteiger partial charge in [0.05, 0.1) is 4.92 Å². The lowest BCUT2D eigenvalue weighted by Gasteiger charge is -2.13. The zero-order valence-corrected chi connectivity index (χ0v) is 15.1. The summed E-state index contributed by atoms with van der Waals surface area (Å²) in [5, 5.41) is 10.6. The lowest BCUT2D eigenvalue weighted by atomic mass is 9.76. The first-order valence-electron chi connectivity index (χ1n) is 8.55. The van der Waals surface area contributed by atoms with Crippen LogP contribution in [0.5, 0.6) is 0 Å². The Balaban J connectivity index is 0.000000351. The Kier molecular flexibility index (Phi) is 8.80. The van der Waals surface area contributed by atoms with Crippen LogP contribution in [0.4, 0.5) is 5.69 Å². The molecule has 0 radical (unpaired) electrons. The molecule has 1 atom stereocenters. The number of rotatable bonds is 6. The fourth-order valence-corrected chi connectivity index (χ4v) is 2.49. The minimum Gasteiger partial charge on any atom is -0.304 e. The molecule has 0 saturated heterocycles. The lowest BCUT2D eigenvalue weighted by Crippen LogP contribution is -2.21. The molecule has 128 valence electrons. The van der Waals surface area contributed by atoms with Crippen molar-refractivity contribution in [1.29, 1.82) is 0 Å². The van der Waals surface area contributed by atoms with E-state index in [-0.39, 0.29) is 16.4 Å². The molecule has 0 spiro atoms. The van der Waals surface area contributed by atoms with Crippen LogP contribution < -0.4 is 0 Å². The molecule has 0 bridgehead atoms. The van der Waals surface area contributed by atoms with Crippen LogP contribution in [0.25, 0.3) is 0 Å². The van der Waals surface area contributed by atoms with Crippen LogP contribution in [-0.4, -0.2) is 37.3 Å². The van der Waals surface area contributed by atoms with Crippen LogP contribution >= 0.6 is 0 Å². The highest BCUT2D eigenvalue weighted by molar-refractivity contribution is 6.14. The molecule has 0 N–H and O–H groups in total. The van der Waals surface area contributed by atoms with E-state index in [0.717, 1.165) is 5.56 Å². The first-order chi connectivity index (χ1) is 11.5. The fourth-order valence-electron chi connectivity index (χ4n) is 2.49. The van der Waals surface area contributed by atoms with Gasteiger partial charge in [0.1, 0.15) is 7.85 Å². The molecule has 0 aliphatic carbocycles. The molecule has 0 fully saturated rings. The molecule has 0 amide bonds. The number of nitrogens with zero attached hydrogens (tertiary/aromatic N) is 2. The van der Waals surface area contributed by atoms with Crippen molar-refractivity contribution in [2.45, 2.75) is 26.6 Å². The van der Waals surface area contributed by atoms with E-state index in [1.54, 1.807) is 12.1 Å². The largest absolute Gasteiger partial charge is 0.304 e. The molecule has 2 aromatic carbocycles. The van der Waals surface area contributed by atoms with Gasteiger partial charge in [0.15, 0.2) is 0 Å². The van der Waals surface area contributed by atoms with Crippen molar-refractivity contribution in [3.05, 3.63) is 75.8 Å². The maximum absolute atomic E-state index is 10.6. The fraction of sp³-hybridized carbons (Fsp3) is 0.368. The smallest absolute Gasteiger partial charge is 0.269 e. The van der Waals surface area contributed by atoms with E-state index in [0.29, 0.717) is 0 Å². The molecule has 0 aliphatic rings. The molecule has 24 heavy (non-hydrogen) atoms. The average molecular weight is 326 g/mol. The minimum absolute atomic E-state index is 0.133. The standard InChI is InChI=1S/C13H12BNO2.C6H15N/c14-13(10-4-2-1-3-5-10)11-6-8-12(9-7-11)15(16)17;1-4-7(5-2)6-3/h1-9,13H,14H2;4-6H2,1-3H3. The van der Waals surface area contributed by atoms with E-state index in [1.165, 1.54) is 25.2 Å². The number of nitro groups is 1. The molecular formula is C19H27BN2O2. The molecule has 4 nitrogen and oxygen atoms in total. The van der Waals surface area contributed by atoms with Crippen molar-refractivity contribution in [3.8, 4) is 0 Å². The molecule has 2 rings (SSSR count). The Morgan fingerprint density at radius 1 is 0.917 bits per heavy atom. The van der Waals surface area contributed by atoms with Gasteiger partial charge in [0.2, 0.25) is 0 Å². The molecule has 0 aromatic heterocycles. The van der Waals surface area contributed by atoms with Gasteiger partial charge in [-0.3, -0.25) is 10.1 Å². The van der Waals surface area contributed by atoms with Gasteiger partial charge in [-0.25, -0.2) is 0 Å². The van der Waals surface area contributed by atoms with Crippen molar-refractivity contribution in [3.63, 3.8) is 0 Å². The van der Waals surface area contributed by atoms with Gasteiger partial charge in [-0.05, 0) is 36.6 Å². The zero-order valence-electron chi connectivity index (χ0n) is 15.1. The Hall–Kier alpha value is -2.14. The predicted molar refractivity (Wildman–Crippen MR) is 103 cm³/mol. The number of benzene rings is 2. The SMILES string of the molecule is BC(c1ccccc1)c1ccc([N+](=O)[O-])cc1.CCN(CC)CC. The van der Waals surface area contributed by atoms with E-state index in [9.17, 15) is 10.1 Å². The third-order valence-electron chi connectivity index (χ3n) is 4.25. The summed E-state index contributed by atoms with van der Waals surface area (Å²) in [6.45, 7) is 10.1. The summed E-state index contributed by atoms with van der Waals surface area (Å²) < 4.78 is 0. The number of hydrogen-bond donors (Lipinski definition) is 0. The topological polar surface area (TPSA) is 46.4 Å². The van der Waals surface area contributed by atoms with E-state index >= 15 is 0 Å². The summed E-state index contributed by atoms with van der Waals surface area (Å²) >= 11 is 0. The van der Waals surface area contributed by atoms with Crippen molar-refractivity contribution < 1.29 is 4.92 Å². The summed E-state index contributed by atoms with van der Waals surface area (Å²) in [6.07, 6.45) is 0. The lowest BCUT2D eigenvalue weighted by molar-refractivity contribution is -0.384. The third-order valence-corrected chi connectivity index (χ3v) is 4.25. The highest BCUT2D eigenvalue weighted by atomic mass is 16.6. The van der Waals surface area contributed by atoms with Crippen molar-refractivity contribution >= 4 is 13.5 Å². The van der Waals surface area contributed by atoms with Crippen LogP contribution in [0.1, 0.15) is 37.7 Å². The van der Waals surface area contributed by atoms with E-state index in [1.807, 2.05) is 30.3 Å². The minimum atomic E-state index is -0.378. The van der Waals surface area contributed by atoms with Gasteiger partial charge in [0.25, 0.3) is 5.69 Å². The summed E-state index contributed by atoms with van der Waals surface area (Å²) in [7, 11) is 2.09. The predicted octanol–water partition coefficient (Wildman–Crippen LogP) is 3.67. The third kappa shape index (κ3) is 6.16. The monoisotopic (exact) mass is 326 g/mol. The van der Waals surface area contributed by atoms with Crippen LogP contribution in [0.3, 0.4) is 0 Å². The molecule has 0 saturated carbocycles. The quantitative estimate of drug-likeness (QED) is 0.462.